The average molecular weight is 563 g/mol. The van der Waals surface area contributed by atoms with Gasteiger partial charge in [0.25, 0.3) is 0 Å². The van der Waals surface area contributed by atoms with Gasteiger partial charge in [0.15, 0.2) is 0 Å². The molecule has 10 heteroatoms. The molecule has 2 fully saturated rings. The molecule has 2 saturated heterocycles. The molecule has 3 heterocycles. The Bertz CT molecular complexity index is 1010. The number of anilines is 1. The third kappa shape index (κ3) is 5.91. The van der Waals surface area contributed by atoms with E-state index in [9.17, 15) is 13.2 Å². The van der Waals surface area contributed by atoms with E-state index in [1.807, 2.05) is 12.1 Å². The van der Waals surface area contributed by atoms with Crippen LogP contribution in [0.5, 0.6) is 11.6 Å². The minimum atomic E-state index is -4.53. The Morgan fingerprint density at radius 2 is 1.88 bits per heavy atom. The molecule has 186 valence electrons. The molecule has 2 aliphatic heterocycles. The van der Waals surface area contributed by atoms with Crippen molar-refractivity contribution in [3.8, 4) is 11.6 Å². The minimum absolute atomic E-state index is 0.0321. The Kier molecular flexibility index (Phi) is 7.84. The summed E-state index contributed by atoms with van der Waals surface area (Å²) in [6, 6.07) is 7.62. The molecule has 0 bridgehead atoms. The molecule has 0 aliphatic carbocycles. The van der Waals surface area contributed by atoms with E-state index < -0.39 is 11.7 Å². The molecule has 1 aromatic carbocycles. The summed E-state index contributed by atoms with van der Waals surface area (Å²) < 4.78 is 53.4. The fourth-order valence-corrected chi connectivity index (χ4v) is 5.16. The van der Waals surface area contributed by atoms with Crippen molar-refractivity contribution in [1.82, 2.24) is 9.88 Å². The summed E-state index contributed by atoms with van der Waals surface area (Å²) in [5.41, 5.74) is 0.0651. The lowest BCUT2D eigenvalue weighted by molar-refractivity contribution is -0.139. The van der Waals surface area contributed by atoms with Crippen LogP contribution in [-0.2, 0) is 6.18 Å². The van der Waals surface area contributed by atoms with Crippen LogP contribution in [0.1, 0.15) is 38.2 Å². The molecule has 4 rings (SSSR count). The van der Waals surface area contributed by atoms with Crippen molar-refractivity contribution in [2.45, 2.75) is 57.0 Å². The minimum Gasteiger partial charge on any atom is -0.490 e. The number of piperidine rings is 1. The van der Waals surface area contributed by atoms with Crippen molar-refractivity contribution in [2.24, 2.45) is 0 Å². The Balaban J connectivity index is 1.51. The number of hydrogen-bond acceptors (Lipinski definition) is 5. The largest absolute Gasteiger partial charge is 0.490 e. The number of halogens is 5. The second-order valence-electron chi connectivity index (χ2n) is 8.91. The Morgan fingerprint density at radius 3 is 2.56 bits per heavy atom. The van der Waals surface area contributed by atoms with Crippen molar-refractivity contribution >= 4 is 33.2 Å². The lowest BCUT2D eigenvalue weighted by Gasteiger charge is -2.41. The molecule has 0 radical (unpaired) electrons. The number of rotatable bonds is 6. The molecule has 0 N–H and O–H groups in total. The lowest BCUT2D eigenvalue weighted by Crippen LogP contribution is -2.46. The number of ether oxygens (including phenoxy) is 2. The molecule has 0 unspecified atom stereocenters. The number of alkyl halides is 3. The van der Waals surface area contributed by atoms with Crippen molar-refractivity contribution in [1.29, 1.82) is 0 Å². The van der Waals surface area contributed by atoms with E-state index in [0.29, 0.717) is 29.9 Å². The fraction of sp³-hybridized carbons (Fsp3) is 0.542. The third-order valence-electron chi connectivity index (χ3n) is 6.42. The van der Waals surface area contributed by atoms with E-state index >= 15 is 0 Å². The van der Waals surface area contributed by atoms with Gasteiger partial charge in [0.1, 0.15) is 28.2 Å². The van der Waals surface area contributed by atoms with Gasteiger partial charge in [0, 0.05) is 43.5 Å². The number of hydrogen-bond donors (Lipinski definition) is 0. The van der Waals surface area contributed by atoms with Crippen LogP contribution in [0, 0.1) is 0 Å². The smallest absolute Gasteiger partial charge is 0.420 e. The zero-order valence-electron chi connectivity index (χ0n) is 19.1. The molecular formula is C24H28BrClF3N3O2. The number of likely N-dealkylation sites (tertiary alicyclic amines) is 1. The van der Waals surface area contributed by atoms with Gasteiger partial charge in [0.2, 0.25) is 5.88 Å². The summed E-state index contributed by atoms with van der Waals surface area (Å²) in [6.45, 7) is 4.53. The quantitative estimate of drug-likeness (QED) is 0.380. The van der Waals surface area contributed by atoms with E-state index in [2.05, 4.69) is 44.7 Å². The van der Waals surface area contributed by atoms with Gasteiger partial charge in [-0.15, -0.1) is 0 Å². The molecule has 1 aromatic heterocycles. The first-order valence-corrected chi connectivity index (χ1v) is 12.6. The predicted molar refractivity (Wildman–Crippen MR) is 130 cm³/mol. The zero-order chi connectivity index (χ0) is 24.5. The first-order valence-electron chi connectivity index (χ1n) is 11.5. The van der Waals surface area contributed by atoms with Gasteiger partial charge in [0.05, 0.1) is 5.56 Å². The van der Waals surface area contributed by atoms with Crippen LogP contribution < -0.4 is 14.4 Å². The van der Waals surface area contributed by atoms with Gasteiger partial charge in [-0.1, -0.05) is 18.5 Å². The molecule has 0 spiro atoms. The second-order valence-corrected chi connectivity index (χ2v) is 10.2. The summed E-state index contributed by atoms with van der Waals surface area (Å²) in [5.74, 6) is 0.412. The van der Waals surface area contributed by atoms with Crippen LogP contribution in [0.3, 0.4) is 0 Å². The summed E-state index contributed by atoms with van der Waals surface area (Å²) >= 11 is 9.25. The van der Waals surface area contributed by atoms with E-state index in [0.717, 1.165) is 37.7 Å². The molecule has 34 heavy (non-hydrogen) atoms. The number of nitrogens with zero attached hydrogens (tertiary/aromatic N) is 3. The summed E-state index contributed by atoms with van der Waals surface area (Å²) in [6.07, 6.45) is -1.85. The maximum atomic E-state index is 13.5. The highest BCUT2D eigenvalue weighted by molar-refractivity contribution is 9.10. The second kappa shape index (κ2) is 10.5. The highest BCUT2D eigenvalue weighted by atomic mass is 79.9. The van der Waals surface area contributed by atoms with Crippen LogP contribution in [-0.4, -0.2) is 54.8 Å². The summed E-state index contributed by atoms with van der Waals surface area (Å²) in [5, 5.41) is 0.0321. The van der Waals surface area contributed by atoms with Crippen LogP contribution in [0.2, 0.25) is 5.02 Å². The van der Waals surface area contributed by atoms with Gasteiger partial charge in [-0.2, -0.15) is 13.2 Å². The summed E-state index contributed by atoms with van der Waals surface area (Å²) in [4.78, 5) is 9.08. The van der Waals surface area contributed by atoms with Gasteiger partial charge in [-0.25, -0.2) is 4.98 Å². The topological polar surface area (TPSA) is 37.8 Å². The Labute approximate surface area is 211 Å². The SMILES string of the molecule is CC[C@@H]1C[C@H](Oc2ccc(Cl)cc2C(F)(F)F)CCN1c1ccc(Br)nc1O[C@@H]1CCN(C)C1. The van der Waals surface area contributed by atoms with Crippen LogP contribution >= 0.6 is 27.5 Å². The Hall–Kier alpha value is -1.71. The predicted octanol–water partition coefficient (Wildman–Crippen LogP) is 6.43. The zero-order valence-corrected chi connectivity index (χ0v) is 21.5. The number of benzene rings is 1. The molecule has 5 nitrogen and oxygen atoms in total. The summed E-state index contributed by atoms with van der Waals surface area (Å²) in [7, 11) is 2.07. The van der Waals surface area contributed by atoms with Crippen LogP contribution in [0.25, 0.3) is 0 Å². The van der Waals surface area contributed by atoms with Crippen LogP contribution in [0.15, 0.2) is 34.9 Å². The first kappa shape index (κ1) is 25.4. The van der Waals surface area contributed by atoms with Crippen molar-refractivity contribution in [3.05, 3.63) is 45.5 Å². The Morgan fingerprint density at radius 1 is 1.12 bits per heavy atom. The third-order valence-corrected chi connectivity index (χ3v) is 7.10. The number of aromatic nitrogens is 1. The van der Waals surface area contributed by atoms with E-state index in [-0.39, 0.29) is 29.0 Å². The van der Waals surface area contributed by atoms with Crippen molar-refractivity contribution < 1.29 is 22.6 Å². The van der Waals surface area contributed by atoms with Crippen LogP contribution in [0.4, 0.5) is 18.9 Å². The monoisotopic (exact) mass is 561 g/mol. The number of pyridine rings is 1. The average Bonchev–Trinajstić information content (AvgIpc) is 3.19. The van der Waals surface area contributed by atoms with Gasteiger partial charge >= 0.3 is 6.18 Å². The highest BCUT2D eigenvalue weighted by Crippen LogP contribution is 2.40. The molecule has 2 aliphatic rings. The maximum absolute atomic E-state index is 13.5. The first-order chi connectivity index (χ1) is 16.1. The van der Waals surface area contributed by atoms with Gasteiger partial charge in [-0.3, -0.25) is 0 Å². The number of likely N-dealkylation sites (N-methyl/N-ethyl adjacent to an activating group) is 1. The molecule has 2 aromatic rings. The maximum Gasteiger partial charge on any atom is 0.420 e. The van der Waals surface area contributed by atoms with Gasteiger partial charge < -0.3 is 19.3 Å². The van der Waals surface area contributed by atoms with Crippen molar-refractivity contribution in [3.63, 3.8) is 0 Å². The van der Waals surface area contributed by atoms with E-state index in [1.165, 1.54) is 12.1 Å². The van der Waals surface area contributed by atoms with E-state index in [4.69, 9.17) is 21.1 Å². The van der Waals surface area contributed by atoms with E-state index in [1.54, 1.807) is 0 Å². The molecule has 0 saturated carbocycles. The fourth-order valence-electron chi connectivity index (χ4n) is 4.70. The highest BCUT2D eigenvalue weighted by Gasteiger charge is 2.37. The van der Waals surface area contributed by atoms with Gasteiger partial charge in [-0.05, 0) is 66.2 Å². The molecule has 0 amide bonds. The molecular weight excluding hydrogens is 535 g/mol. The lowest BCUT2D eigenvalue weighted by atomic mass is 9.96. The molecule has 3 atom stereocenters. The normalized spacial score (nSPS) is 23.9. The standard InChI is InChI=1S/C24H28BrClF3N3O2/c1-3-16-13-17(33-21-6-4-15(26)12-19(21)24(27,28)29)9-11-32(16)20-5-7-22(25)30-23(20)34-18-8-10-31(2)14-18/h4-7,12,16-18H,3,8-11,13-14H2,1-2H3/t16-,17-,18-/m1/s1. The van der Waals surface area contributed by atoms with Crippen molar-refractivity contribution in [2.75, 3.05) is 31.6 Å².